The maximum Gasteiger partial charge on any atom is 0.329 e. The Hall–Kier alpha value is -2.78. The van der Waals surface area contributed by atoms with Crippen molar-refractivity contribution in [3.05, 3.63) is 16.3 Å². The van der Waals surface area contributed by atoms with Crippen LogP contribution in [0.3, 0.4) is 0 Å². The molecular formula is C9H10N6O4. The average molecular weight is 266 g/mol. The molecule has 2 rings (SSSR count). The molecule has 0 bridgehead atoms. The summed E-state index contributed by atoms with van der Waals surface area (Å²) in [5, 5.41) is 13.0. The Bertz CT molecular complexity index is 574. The number of carbonyl (C=O) groups excluding carboxylic acids is 2. The van der Waals surface area contributed by atoms with Crippen LogP contribution in [0.2, 0.25) is 0 Å². The lowest BCUT2D eigenvalue weighted by Crippen LogP contribution is -2.57. The fourth-order valence-electron chi connectivity index (χ4n) is 1.69. The summed E-state index contributed by atoms with van der Waals surface area (Å²) in [6.45, 7) is 1.29. The largest absolute Gasteiger partial charge is 0.368 e. The Balaban J connectivity index is 2.50. The predicted octanol–water partition coefficient (Wildman–Crippen LogP) is -1.18. The lowest BCUT2D eigenvalue weighted by Gasteiger charge is -2.31. The first-order chi connectivity index (χ1) is 8.90. The van der Waals surface area contributed by atoms with Crippen LogP contribution in [0.1, 0.15) is 6.92 Å². The number of nitrogens with one attached hydrogen (secondary N) is 1. The van der Waals surface area contributed by atoms with Gasteiger partial charge in [-0.05, 0) is 6.92 Å². The number of aromatic nitrogens is 2. The highest BCUT2D eigenvalue weighted by atomic mass is 16.6. The van der Waals surface area contributed by atoms with Crippen molar-refractivity contribution in [2.75, 3.05) is 17.2 Å². The molecule has 1 unspecified atom stereocenters. The van der Waals surface area contributed by atoms with Gasteiger partial charge in [0.2, 0.25) is 23.6 Å². The minimum atomic E-state index is -0.773. The molecule has 100 valence electrons. The number of piperazine rings is 1. The van der Waals surface area contributed by atoms with Crippen LogP contribution >= 0.6 is 0 Å². The van der Waals surface area contributed by atoms with E-state index in [0.29, 0.717) is 0 Å². The molecule has 0 aliphatic carbocycles. The second-order valence-electron chi connectivity index (χ2n) is 3.91. The Morgan fingerprint density at radius 1 is 1.58 bits per heavy atom. The summed E-state index contributed by atoms with van der Waals surface area (Å²) in [6, 6.07) is -0.773. The number of carbonyl (C=O) groups is 2. The molecule has 0 radical (unpaired) electrons. The van der Waals surface area contributed by atoms with Gasteiger partial charge in [-0.25, -0.2) is 4.98 Å². The fourth-order valence-corrected chi connectivity index (χ4v) is 1.69. The number of hydrogen-bond acceptors (Lipinski definition) is 8. The zero-order chi connectivity index (χ0) is 14.2. The van der Waals surface area contributed by atoms with Crippen LogP contribution in [0.4, 0.5) is 17.5 Å². The fraction of sp³-hybridized carbons (Fsp3) is 0.333. The molecular weight excluding hydrogens is 256 g/mol. The van der Waals surface area contributed by atoms with Crippen molar-refractivity contribution in [3.63, 3.8) is 0 Å². The minimum absolute atomic E-state index is 0.145. The van der Waals surface area contributed by atoms with Gasteiger partial charge < -0.3 is 10.6 Å². The van der Waals surface area contributed by atoms with Crippen molar-refractivity contribution in [2.45, 2.75) is 13.0 Å². The van der Waals surface area contributed by atoms with Crippen LogP contribution < -0.4 is 16.0 Å². The van der Waals surface area contributed by atoms with E-state index in [2.05, 4.69) is 15.3 Å². The van der Waals surface area contributed by atoms with Crippen LogP contribution in [-0.2, 0) is 9.59 Å². The van der Waals surface area contributed by atoms with E-state index in [1.165, 1.54) is 11.8 Å². The van der Waals surface area contributed by atoms with E-state index in [1.807, 2.05) is 0 Å². The van der Waals surface area contributed by atoms with Gasteiger partial charge in [-0.2, -0.15) is 4.98 Å². The number of rotatable bonds is 2. The van der Waals surface area contributed by atoms with E-state index in [1.54, 1.807) is 0 Å². The van der Waals surface area contributed by atoms with Crippen molar-refractivity contribution < 1.29 is 14.5 Å². The van der Waals surface area contributed by atoms with Gasteiger partial charge in [-0.3, -0.25) is 25.0 Å². The van der Waals surface area contributed by atoms with Gasteiger partial charge in [0, 0.05) is 0 Å². The summed E-state index contributed by atoms with van der Waals surface area (Å²) in [5.74, 6) is -1.43. The maximum absolute atomic E-state index is 11.5. The summed E-state index contributed by atoms with van der Waals surface area (Å²) < 4.78 is 0. The minimum Gasteiger partial charge on any atom is -0.368 e. The standard InChI is InChI=1S/C9H10N6O4/c1-4-8(17)12-6(16)3-14(4)7-5(15(18)19)2-11-9(10)13-7/h2,4H,3H2,1H3,(H2,10,11,13)(H,12,16,17). The molecule has 1 aromatic rings. The van der Waals surface area contributed by atoms with Gasteiger partial charge >= 0.3 is 5.69 Å². The monoisotopic (exact) mass is 266 g/mol. The third kappa shape index (κ3) is 2.27. The van der Waals surface area contributed by atoms with Crippen molar-refractivity contribution in [1.29, 1.82) is 0 Å². The number of nitrogens with two attached hydrogens (primary N) is 1. The molecule has 19 heavy (non-hydrogen) atoms. The van der Waals surface area contributed by atoms with Crippen LogP contribution in [0.15, 0.2) is 6.20 Å². The molecule has 1 aromatic heterocycles. The molecule has 0 saturated carbocycles. The molecule has 1 aliphatic heterocycles. The first kappa shape index (κ1) is 12.7. The first-order valence-corrected chi connectivity index (χ1v) is 5.27. The van der Waals surface area contributed by atoms with E-state index in [-0.39, 0.29) is 18.3 Å². The third-order valence-corrected chi connectivity index (χ3v) is 2.66. The zero-order valence-corrected chi connectivity index (χ0v) is 9.86. The Labute approximate surface area is 106 Å². The number of imide groups is 1. The van der Waals surface area contributed by atoms with E-state index >= 15 is 0 Å². The van der Waals surface area contributed by atoms with Crippen molar-refractivity contribution in [2.24, 2.45) is 0 Å². The summed E-state index contributed by atoms with van der Waals surface area (Å²) in [4.78, 5) is 41.6. The Morgan fingerprint density at radius 2 is 2.26 bits per heavy atom. The van der Waals surface area contributed by atoms with E-state index in [0.717, 1.165) is 6.20 Å². The number of amides is 2. The highest BCUT2D eigenvalue weighted by molar-refractivity contribution is 6.04. The molecule has 2 heterocycles. The van der Waals surface area contributed by atoms with Crippen molar-refractivity contribution in [1.82, 2.24) is 15.3 Å². The second kappa shape index (κ2) is 4.48. The molecule has 1 fully saturated rings. The van der Waals surface area contributed by atoms with Crippen molar-refractivity contribution in [3.8, 4) is 0 Å². The van der Waals surface area contributed by atoms with Gasteiger partial charge in [0.25, 0.3) is 0 Å². The molecule has 10 heteroatoms. The molecule has 10 nitrogen and oxygen atoms in total. The maximum atomic E-state index is 11.5. The van der Waals surface area contributed by atoms with Gasteiger partial charge in [0.05, 0.1) is 11.5 Å². The lowest BCUT2D eigenvalue weighted by atomic mass is 10.2. The van der Waals surface area contributed by atoms with E-state index in [9.17, 15) is 19.7 Å². The van der Waals surface area contributed by atoms with Crippen molar-refractivity contribution >= 4 is 29.3 Å². The van der Waals surface area contributed by atoms with Gasteiger partial charge in [0.15, 0.2) is 0 Å². The molecule has 1 aliphatic rings. The van der Waals surface area contributed by atoms with Gasteiger partial charge in [-0.15, -0.1) is 0 Å². The Morgan fingerprint density at radius 3 is 2.89 bits per heavy atom. The quantitative estimate of drug-likeness (QED) is 0.386. The smallest absolute Gasteiger partial charge is 0.329 e. The van der Waals surface area contributed by atoms with Gasteiger partial charge in [-0.1, -0.05) is 0 Å². The molecule has 3 N–H and O–H groups in total. The predicted molar refractivity (Wildman–Crippen MR) is 63.1 cm³/mol. The average Bonchev–Trinajstić information content (AvgIpc) is 2.33. The van der Waals surface area contributed by atoms with Crippen LogP contribution in [0, 0.1) is 10.1 Å². The number of anilines is 2. The van der Waals surface area contributed by atoms with Crippen LogP contribution in [0.5, 0.6) is 0 Å². The SMILES string of the molecule is CC1C(=O)NC(=O)CN1c1nc(N)ncc1[N+](=O)[O-]. The number of nitro groups is 1. The summed E-state index contributed by atoms with van der Waals surface area (Å²) in [5.41, 5.74) is 4.98. The van der Waals surface area contributed by atoms with Gasteiger partial charge in [0.1, 0.15) is 12.2 Å². The third-order valence-electron chi connectivity index (χ3n) is 2.66. The number of nitrogens with zero attached hydrogens (tertiary/aromatic N) is 4. The first-order valence-electron chi connectivity index (χ1n) is 5.27. The normalized spacial score (nSPS) is 19.2. The van der Waals surface area contributed by atoms with Crippen LogP contribution in [0.25, 0.3) is 0 Å². The van der Waals surface area contributed by atoms with E-state index in [4.69, 9.17) is 5.73 Å². The molecule has 1 atom stereocenters. The lowest BCUT2D eigenvalue weighted by molar-refractivity contribution is -0.384. The summed E-state index contributed by atoms with van der Waals surface area (Å²) in [6.07, 6.45) is 0.946. The highest BCUT2D eigenvalue weighted by Crippen LogP contribution is 2.27. The number of hydrogen-bond donors (Lipinski definition) is 2. The Kier molecular flexibility index (Phi) is 2.99. The highest BCUT2D eigenvalue weighted by Gasteiger charge is 2.35. The van der Waals surface area contributed by atoms with Crippen LogP contribution in [-0.4, -0.2) is 39.3 Å². The zero-order valence-electron chi connectivity index (χ0n) is 9.86. The molecule has 0 aromatic carbocycles. The molecule has 0 spiro atoms. The molecule has 2 amide bonds. The number of nitrogen functional groups attached to an aromatic ring is 1. The van der Waals surface area contributed by atoms with E-state index < -0.39 is 28.5 Å². The molecule has 1 saturated heterocycles. The summed E-state index contributed by atoms with van der Waals surface area (Å²) in [7, 11) is 0. The summed E-state index contributed by atoms with van der Waals surface area (Å²) >= 11 is 0. The second-order valence-corrected chi connectivity index (χ2v) is 3.91. The topological polar surface area (TPSA) is 144 Å².